The van der Waals surface area contributed by atoms with Gasteiger partial charge in [-0.25, -0.2) is 18.7 Å². The maximum atomic E-state index is 15.2. The van der Waals surface area contributed by atoms with Gasteiger partial charge in [-0.15, -0.1) is 10.2 Å². The van der Waals surface area contributed by atoms with Crippen LogP contribution in [0.5, 0.6) is 5.75 Å². The number of nitrogens with one attached hydrogen (secondary N) is 1. The molecule has 4 heterocycles. The number of rotatable bonds is 4. The van der Waals surface area contributed by atoms with E-state index in [0.29, 0.717) is 23.3 Å². The molecule has 0 amide bonds. The van der Waals surface area contributed by atoms with Gasteiger partial charge in [-0.1, -0.05) is 6.58 Å². The van der Waals surface area contributed by atoms with Crippen molar-refractivity contribution >= 4 is 5.57 Å². The van der Waals surface area contributed by atoms with E-state index in [1.54, 1.807) is 48.4 Å². The molecule has 5 atom stereocenters. The molecular weight excluding hydrogens is 402 g/mol. The molecule has 2 aliphatic rings. The van der Waals surface area contributed by atoms with Crippen molar-refractivity contribution in [3.63, 3.8) is 0 Å². The Hall–Kier alpha value is -3.20. The number of benzene rings is 1. The number of alkyl halides is 2. The Morgan fingerprint density at radius 1 is 1.32 bits per heavy atom. The van der Waals surface area contributed by atoms with E-state index in [4.69, 9.17) is 0 Å². The van der Waals surface area contributed by atoms with Gasteiger partial charge in [0.15, 0.2) is 5.82 Å². The second kappa shape index (κ2) is 7.19. The van der Waals surface area contributed by atoms with Crippen molar-refractivity contribution in [2.75, 3.05) is 0 Å². The van der Waals surface area contributed by atoms with Crippen molar-refractivity contribution < 1.29 is 13.9 Å². The lowest BCUT2D eigenvalue weighted by molar-refractivity contribution is 0.102. The van der Waals surface area contributed by atoms with Crippen LogP contribution in [0.1, 0.15) is 25.5 Å². The van der Waals surface area contributed by atoms with Gasteiger partial charge >= 0.3 is 0 Å². The molecule has 7 nitrogen and oxygen atoms in total. The number of hydrogen-bond acceptors (Lipinski definition) is 6. The minimum atomic E-state index is -1.28. The van der Waals surface area contributed by atoms with Gasteiger partial charge in [0.05, 0.1) is 29.3 Å². The van der Waals surface area contributed by atoms with Crippen LogP contribution in [0.15, 0.2) is 49.7 Å². The molecule has 2 saturated heterocycles. The fourth-order valence-electron chi connectivity index (χ4n) is 4.69. The quantitative estimate of drug-likeness (QED) is 0.668. The molecule has 2 aliphatic heterocycles. The number of phenolic OH excluding ortho intramolecular Hbond substituents is 1. The molecular formula is C22H22F2N6O. The number of nitrogens with zero attached hydrogens (tertiary/aromatic N) is 5. The first-order valence-electron chi connectivity index (χ1n) is 10.1. The molecule has 2 unspecified atom stereocenters. The molecule has 0 spiro atoms. The van der Waals surface area contributed by atoms with Gasteiger partial charge in [-0.3, -0.25) is 0 Å². The lowest BCUT2D eigenvalue weighted by atomic mass is 9.78. The lowest BCUT2D eigenvalue weighted by Gasteiger charge is -2.40. The number of imidazole rings is 1. The summed E-state index contributed by atoms with van der Waals surface area (Å²) >= 11 is 0. The Morgan fingerprint density at radius 3 is 2.84 bits per heavy atom. The van der Waals surface area contributed by atoms with E-state index >= 15 is 4.39 Å². The summed E-state index contributed by atoms with van der Waals surface area (Å²) in [6, 6.07) is 4.70. The maximum Gasteiger partial charge on any atom is 0.185 e. The van der Waals surface area contributed by atoms with Crippen LogP contribution in [-0.2, 0) is 0 Å². The highest BCUT2D eigenvalue weighted by atomic mass is 19.1. The van der Waals surface area contributed by atoms with Crippen LogP contribution in [0.25, 0.3) is 22.6 Å². The number of halogens is 2. The zero-order valence-electron chi connectivity index (χ0n) is 16.9. The molecule has 2 fully saturated rings. The van der Waals surface area contributed by atoms with E-state index in [-0.39, 0.29) is 24.0 Å². The van der Waals surface area contributed by atoms with Crippen LogP contribution in [0, 0.1) is 5.92 Å². The Bertz CT molecular complexity index is 1120. The van der Waals surface area contributed by atoms with Crippen LogP contribution >= 0.6 is 0 Å². The van der Waals surface area contributed by atoms with Crippen molar-refractivity contribution in [1.29, 1.82) is 0 Å². The van der Waals surface area contributed by atoms with E-state index in [0.717, 1.165) is 5.69 Å². The predicted octanol–water partition coefficient (Wildman–Crippen LogP) is 3.26. The third-order valence-corrected chi connectivity index (χ3v) is 6.40. The number of aromatic nitrogens is 5. The average Bonchev–Trinajstić information content (AvgIpc) is 3.38. The fourth-order valence-corrected chi connectivity index (χ4v) is 4.69. The number of piperidine rings is 1. The summed E-state index contributed by atoms with van der Waals surface area (Å²) in [6.07, 6.45) is 4.64. The number of fused-ring (bicyclic) bond motifs is 2. The van der Waals surface area contributed by atoms with Crippen molar-refractivity contribution in [3.05, 3.63) is 55.4 Å². The van der Waals surface area contributed by atoms with E-state index in [1.165, 1.54) is 6.20 Å². The van der Waals surface area contributed by atoms with E-state index in [2.05, 4.69) is 32.1 Å². The molecule has 160 valence electrons. The fraction of sp³-hybridized carbons (Fsp3) is 0.364. The zero-order chi connectivity index (χ0) is 21.8. The van der Waals surface area contributed by atoms with Gasteiger partial charge in [0, 0.05) is 36.8 Å². The molecule has 2 aromatic heterocycles. The summed E-state index contributed by atoms with van der Waals surface area (Å²) in [6.45, 7) is 5.74. The van der Waals surface area contributed by atoms with Gasteiger partial charge in [0.25, 0.3) is 0 Å². The van der Waals surface area contributed by atoms with Crippen molar-refractivity contribution in [2.45, 2.75) is 43.7 Å². The summed E-state index contributed by atoms with van der Waals surface area (Å²) in [5.41, 5.74) is 1.09. The van der Waals surface area contributed by atoms with E-state index in [9.17, 15) is 9.50 Å². The van der Waals surface area contributed by atoms with E-state index in [1.807, 2.05) is 0 Å². The second-order valence-corrected chi connectivity index (χ2v) is 8.50. The van der Waals surface area contributed by atoms with Crippen LogP contribution in [0.2, 0.25) is 0 Å². The van der Waals surface area contributed by atoms with Crippen LogP contribution < -0.4 is 5.32 Å². The normalized spacial score (nSPS) is 29.8. The van der Waals surface area contributed by atoms with Crippen LogP contribution in [0.3, 0.4) is 0 Å². The monoisotopic (exact) mass is 424 g/mol. The summed E-state index contributed by atoms with van der Waals surface area (Å²) in [7, 11) is 0. The number of aromatic hydroxyl groups is 1. The number of allylic oxidation sites excluding steroid dienone is 1. The summed E-state index contributed by atoms with van der Waals surface area (Å²) < 4.78 is 31.2. The first kappa shape index (κ1) is 19.7. The molecule has 3 aromatic rings. The molecule has 0 radical (unpaired) electrons. The summed E-state index contributed by atoms with van der Waals surface area (Å²) in [5, 5.41) is 21.8. The number of hydrogen-bond donors (Lipinski definition) is 2. The maximum absolute atomic E-state index is 15.2. The minimum Gasteiger partial charge on any atom is -0.507 e. The smallest absolute Gasteiger partial charge is 0.185 e. The topological polar surface area (TPSA) is 88.8 Å². The molecule has 5 rings (SSSR count). The largest absolute Gasteiger partial charge is 0.507 e. The van der Waals surface area contributed by atoms with E-state index < -0.39 is 23.8 Å². The Kier molecular flexibility index (Phi) is 4.58. The first-order valence-corrected chi connectivity index (χ1v) is 10.1. The zero-order valence-corrected chi connectivity index (χ0v) is 16.9. The summed E-state index contributed by atoms with van der Waals surface area (Å²) in [5.74, 6) is -0.314. The van der Waals surface area contributed by atoms with Gasteiger partial charge in [0.1, 0.15) is 23.8 Å². The highest BCUT2D eigenvalue weighted by Crippen LogP contribution is 2.46. The standard InChI is InChI=1S/C22H22F2N6O/c1-12(15-8-17-16(23)9-22(2,27-17)20(15)24)18-10-26-21(29-28-18)14-4-3-13(7-19(14)31)30-6-5-25-11-30/h3-7,10-11,15-17,20,27,31H,1,8-9H2,2H3/t15?,16-,17?,20-,22-/m0/s1. The van der Waals surface area contributed by atoms with Crippen LogP contribution in [0.4, 0.5) is 8.78 Å². The molecule has 2 bridgehead atoms. The summed E-state index contributed by atoms with van der Waals surface area (Å²) in [4.78, 5) is 8.29. The average molecular weight is 424 g/mol. The van der Waals surface area contributed by atoms with Gasteiger partial charge in [-0.2, -0.15) is 0 Å². The SMILES string of the molecule is C=C(c1cnc(-c2ccc(-n3ccnc3)cc2O)nn1)C1CC2N[C@@](C)(C[C@@H]2F)[C@H]1F. The Balaban J connectivity index is 1.37. The van der Waals surface area contributed by atoms with Crippen molar-refractivity contribution in [3.8, 4) is 22.8 Å². The Morgan fingerprint density at radius 2 is 2.16 bits per heavy atom. The lowest BCUT2D eigenvalue weighted by Crippen LogP contribution is -2.56. The number of phenols is 1. The Labute approximate surface area is 177 Å². The highest BCUT2D eigenvalue weighted by Gasteiger charge is 2.55. The molecule has 0 saturated carbocycles. The van der Waals surface area contributed by atoms with Crippen LogP contribution in [-0.4, -0.2) is 53.8 Å². The van der Waals surface area contributed by atoms with Gasteiger partial charge in [-0.05, 0) is 31.1 Å². The predicted molar refractivity (Wildman–Crippen MR) is 111 cm³/mol. The molecule has 9 heteroatoms. The third-order valence-electron chi connectivity index (χ3n) is 6.40. The molecule has 31 heavy (non-hydrogen) atoms. The van der Waals surface area contributed by atoms with Crippen molar-refractivity contribution in [2.24, 2.45) is 5.92 Å². The highest BCUT2D eigenvalue weighted by molar-refractivity contribution is 5.67. The van der Waals surface area contributed by atoms with Gasteiger partial charge < -0.3 is 15.0 Å². The molecule has 0 aliphatic carbocycles. The first-order chi connectivity index (χ1) is 14.9. The molecule has 1 aromatic carbocycles. The third kappa shape index (κ3) is 3.29. The molecule has 2 N–H and O–H groups in total. The minimum absolute atomic E-state index is 0.000223. The van der Waals surface area contributed by atoms with Gasteiger partial charge in [0.2, 0.25) is 0 Å². The van der Waals surface area contributed by atoms with Crippen molar-refractivity contribution in [1.82, 2.24) is 30.0 Å². The second-order valence-electron chi connectivity index (χ2n) is 8.50.